The number of hydrazine groups is 1. The average Bonchev–Trinajstić information content (AvgIpc) is 2.43. The predicted molar refractivity (Wildman–Crippen MR) is 76.7 cm³/mol. The van der Waals surface area contributed by atoms with Crippen molar-refractivity contribution >= 4 is 17.3 Å². The maximum absolute atomic E-state index is 12.6. The predicted octanol–water partition coefficient (Wildman–Crippen LogP) is 0.867. The lowest BCUT2D eigenvalue weighted by molar-refractivity contribution is -0.385. The Bertz CT molecular complexity index is 545. The second-order valence-electron chi connectivity index (χ2n) is 4.94. The van der Waals surface area contributed by atoms with Crippen LogP contribution < -0.4 is 11.3 Å². The number of nitrogens with one attached hydrogen (secondary N) is 1. The number of nitrogens with zero attached hydrogens (tertiary/aromatic N) is 2. The van der Waals surface area contributed by atoms with Crippen molar-refractivity contribution in [2.24, 2.45) is 5.84 Å². The Labute approximate surface area is 121 Å². The van der Waals surface area contributed by atoms with Crippen molar-refractivity contribution in [3.05, 3.63) is 33.9 Å². The molecule has 0 bridgehead atoms. The summed E-state index contributed by atoms with van der Waals surface area (Å²) in [6, 6.07) is 4.09. The van der Waals surface area contributed by atoms with Crippen LogP contribution in [0.15, 0.2) is 18.2 Å². The fourth-order valence-electron chi connectivity index (χ4n) is 2.37. The number of nitrogens with two attached hydrogens (primary N) is 1. The summed E-state index contributed by atoms with van der Waals surface area (Å²) in [5.41, 5.74) is 2.51. The van der Waals surface area contributed by atoms with Crippen LogP contribution in [0.1, 0.15) is 29.6 Å². The monoisotopic (exact) mass is 294 g/mol. The van der Waals surface area contributed by atoms with Crippen LogP contribution in [-0.2, 0) is 0 Å². The van der Waals surface area contributed by atoms with Gasteiger partial charge in [0.1, 0.15) is 5.56 Å². The molecule has 1 aliphatic rings. The molecule has 0 atom stereocenters. The molecule has 0 aliphatic heterocycles. The van der Waals surface area contributed by atoms with Crippen molar-refractivity contribution in [2.75, 3.05) is 18.6 Å². The normalized spacial score (nSPS) is 14.4. The highest BCUT2D eigenvalue weighted by Crippen LogP contribution is 2.29. The molecule has 2 rings (SSSR count). The zero-order valence-corrected chi connectivity index (χ0v) is 11.5. The number of anilines is 1. The minimum Gasteiger partial charge on any atom is -0.395 e. The van der Waals surface area contributed by atoms with Crippen LogP contribution in [0, 0.1) is 10.1 Å². The maximum atomic E-state index is 12.6. The molecule has 1 saturated carbocycles. The standard InChI is InChI=1S/C13H18N4O4/c14-15-9-4-5-12(17(20)21)11(8-9)13(19)16(6-7-18)10-2-1-3-10/h4-5,8,10,15,18H,1-3,6-7,14H2. The number of aliphatic hydroxyl groups excluding tert-OH is 1. The quantitative estimate of drug-likeness (QED) is 0.406. The Morgan fingerprint density at radius 3 is 2.71 bits per heavy atom. The Kier molecular flexibility index (Phi) is 4.71. The Morgan fingerprint density at radius 2 is 2.24 bits per heavy atom. The molecule has 114 valence electrons. The van der Waals surface area contributed by atoms with Gasteiger partial charge in [0.15, 0.2) is 0 Å². The number of aliphatic hydroxyl groups is 1. The topological polar surface area (TPSA) is 122 Å². The molecule has 1 aromatic carbocycles. The number of hydrogen-bond acceptors (Lipinski definition) is 6. The Balaban J connectivity index is 2.36. The number of hydrogen-bond donors (Lipinski definition) is 3. The van der Waals surface area contributed by atoms with E-state index in [0.717, 1.165) is 19.3 Å². The van der Waals surface area contributed by atoms with E-state index in [1.165, 1.54) is 23.1 Å². The number of carbonyl (C=O) groups is 1. The first-order valence-electron chi connectivity index (χ1n) is 6.75. The molecule has 0 spiro atoms. The zero-order valence-electron chi connectivity index (χ0n) is 11.5. The zero-order chi connectivity index (χ0) is 15.4. The third-order valence-corrected chi connectivity index (χ3v) is 3.71. The summed E-state index contributed by atoms with van der Waals surface area (Å²) in [4.78, 5) is 24.6. The molecule has 8 heteroatoms. The van der Waals surface area contributed by atoms with Crippen molar-refractivity contribution in [1.82, 2.24) is 4.90 Å². The van der Waals surface area contributed by atoms with Crippen LogP contribution in [0.2, 0.25) is 0 Å². The van der Waals surface area contributed by atoms with E-state index in [-0.39, 0.29) is 30.4 Å². The summed E-state index contributed by atoms with van der Waals surface area (Å²) in [7, 11) is 0. The molecule has 1 fully saturated rings. The van der Waals surface area contributed by atoms with Crippen molar-refractivity contribution in [3.63, 3.8) is 0 Å². The molecule has 0 saturated heterocycles. The highest BCUT2D eigenvalue weighted by Gasteiger charge is 2.32. The van der Waals surface area contributed by atoms with Crippen LogP contribution in [-0.4, -0.2) is 40.0 Å². The van der Waals surface area contributed by atoms with Crippen LogP contribution in [0.4, 0.5) is 11.4 Å². The van der Waals surface area contributed by atoms with Gasteiger partial charge >= 0.3 is 0 Å². The lowest BCUT2D eigenvalue weighted by Gasteiger charge is -2.37. The highest BCUT2D eigenvalue weighted by molar-refractivity contribution is 5.99. The number of carbonyl (C=O) groups excluding carboxylic acids is 1. The Hall–Kier alpha value is -2.19. The van der Waals surface area contributed by atoms with Gasteiger partial charge in [0.25, 0.3) is 11.6 Å². The van der Waals surface area contributed by atoms with Crippen molar-refractivity contribution in [1.29, 1.82) is 0 Å². The molecule has 0 unspecified atom stereocenters. The molecule has 4 N–H and O–H groups in total. The van der Waals surface area contributed by atoms with Crippen molar-refractivity contribution in [3.8, 4) is 0 Å². The smallest absolute Gasteiger partial charge is 0.282 e. The number of rotatable bonds is 6. The molecule has 0 heterocycles. The van der Waals surface area contributed by atoms with E-state index in [1.807, 2.05) is 0 Å². The number of nitro benzene ring substituents is 1. The minimum absolute atomic E-state index is 0.0178. The Morgan fingerprint density at radius 1 is 1.52 bits per heavy atom. The van der Waals surface area contributed by atoms with Gasteiger partial charge in [0, 0.05) is 24.3 Å². The van der Waals surface area contributed by atoms with Gasteiger partial charge in [-0.05, 0) is 31.4 Å². The fourth-order valence-corrected chi connectivity index (χ4v) is 2.37. The third-order valence-electron chi connectivity index (χ3n) is 3.71. The van der Waals surface area contributed by atoms with E-state index in [1.54, 1.807) is 0 Å². The van der Waals surface area contributed by atoms with Crippen molar-refractivity contribution in [2.45, 2.75) is 25.3 Å². The van der Waals surface area contributed by atoms with E-state index in [9.17, 15) is 14.9 Å². The molecule has 1 aliphatic carbocycles. The summed E-state index contributed by atoms with van der Waals surface area (Å²) in [5.74, 6) is 4.85. The second-order valence-corrected chi connectivity index (χ2v) is 4.94. The summed E-state index contributed by atoms with van der Waals surface area (Å²) in [5, 5.41) is 20.2. The van der Waals surface area contributed by atoms with E-state index in [0.29, 0.717) is 5.69 Å². The highest BCUT2D eigenvalue weighted by atomic mass is 16.6. The summed E-state index contributed by atoms with van der Waals surface area (Å²) in [6.07, 6.45) is 2.73. The van der Waals surface area contributed by atoms with Gasteiger partial charge in [-0.2, -0.15) is 0 Å². The van der Waals surface area contributed by atoms with Gasteiger partial charge in [0.2, 0.25) is 0 Å². The molecular formula is C13H18N4O4. The number of amides is 1. The van der Waals surface area contributed by atoms with Gasteiger partial charge < -0.3 is 15.4 Å². The minimum atomic E-state index is -0.592. The number of benzene rings is 1. The largest absolute Gasteiger partial charge is 0.395 e. The first kappa shape index (κ1) is 15.2. The van der Waals surface area contributed by atoms with E-state index < -0.39 is 10.8 Å². The molecule has 0 radical (unpaired) electrons. The molecule has 0 aromatic heterocycles. The lowest BCUT2D eigenvalue weighted by atomic mass is 9.91. The van der Waals surface area contributed by atoms with Gasteiger partial charge in [-0.1, -0.05) is 0 Å². The average molecular weight is 294 g/mol. The SMILES string of the molecule is NNc1ccc([N+](=O)[O-])c(C(=O)N(CCO)C2CCC2)c1. The van der Waals surface area contributed by atoms with Crippen LogP contribution in [0.25, 0.3) is 0 Å². The van der Waals surface area contributed by atoms with E-state index in [4.69, 9.17) is 10.9 Å². The van der Waals surface area contributed by atoms with Crippen molar-refractivity contribution < 1.29 is 14.8 Å². The number of nitrogen functional groups attached to an aromatic ring is 1. The van der Waals surface area contributed by atoms with Gasteiger partial charge in [0.05, 0.1) is 11.5 Å². The van der Waals surface area contributed by atoms with Gasteiger partial charge in [-0.25, -0.2) is 0 Å². The summed E-state index contributed by atoms with van der Waals surface area (Å²) >= 11 is 0. The van der Waals surface area contributed by atoms with Crippen LogP contribution in [0.5, 0.6) is 0 Å². The third kappa shape index (κ3) is 3.11. The first-order valence-corrected chi connectivity index (χ1v) is 6.75. The summed E-state index contributed by atoms with van der Waals surface area (Å²) in [6.45, 7) is -0.00813. The van der Waals surface area contributed by atoms with Gasteiger partial charge in [-0.15, -0.1) is 0 Å². The second kappa shape index (κ2) is 6.51. The van der Waals surface area contributed by atoms with E-state index in [2.05, 4.69) is 5.43 Å². The summed E-state index contributed by atoms with van der Waals surface area (Å²) < 4.78 is 0. The lowest BCUT2D eigenvalue weighted by Crippen LogP contribution is -2.45. The van der Waals surface area contributed by atoms with Gasteiger partial charge in [-0.3, -0.25) is 20.8 Å². The van der Waals surface area contributed by atoms with Crippen LogP contribution >= 0.6 is 0 Å². The van der Waals surface area contributed by atoms with Crippen LogP contribution in [0.3, 0.4) is 0 Å². The first-order chi connectivity index (χ1) is 10.1. The molecule has 1 aromatic rings. The molecule has 21 heavy (non-hydrogen) atoms. The van der Waals surface area contributed by atoms with E-state index >= 15 is 0 Å². The maximum Gasteiger partial charge on any atom is 0.282 e. The number of nitro groups is 1. The fraction of sp³-hybridized carbons (Fsp3) is 0.462. The molecule has 8 nitrogen and oxygen atoms in total. The molecule has 1 amide bonds. The molecular weight excluding hydrogens is 276 g/mol.